The highest BCUT2D eigenvalue weighted by Crippen LogP contribution is 2.16. The van der Waals surface area contributed by atoms with Crippen LogP contribution in [0.15, 0.2) is 0 Å². The van der Waals surface area contributed by atoms with E-state index in [2.05, 4.69) is 0 Å². The number of ether oxygens (including phenoxy) is 1. The van der Waals surface area contributed by atoms with Crippen molar-refractivity contribution in [1.29, 1.82) is 0 Å². The van der Waals surface area contributed by atoms with Gasteiger partial charge in [-0.3, -0.25) is 4.79 Å². The second kappa shape index (κ2) is 20.6. The Morgan fingerprint density at radius 1 is 0.621 bits per heavy atom. The van der Waals surface area contributed by atoms with Crippen molar-refractivity contribution in [3.63, 3.8) is 0 Å². The summed E-state index contributed by atoms with van der Waals surface area (Å²) in [4.78, 5) is 11.7. The first kappa shape index (κ1) is 28.4. The fourth-order valence-corrected chi connectivity index (χ4v) is 3.32. The summed E-state index contributed by atoms with van der Waals surface area (Å²) in [5.74, 6) is -0.233. The van der Waals surface area contributed by atoms with E-state index in [0.29, 0.717) is 13.0 Å². The molecule has 0 atom stereocenters. The standard InChI is InChI=1S/C24H48O5/c1-24(20-26,21-27)22-29-23(28)18-16-14-12-10-8-6-4-2-3-5-7-9-11-13-15-17-19-25/h25-27H,2-22H2,1H3. The van der Waals surface area contributed by atoms with Crippen LogP contribution in [0, 0.1) is 5.41 Å². The number of esters is 1. The van der Waals surface area contributed by atoms with Crippen LogP contribution >= 0.6 is 0 Å². The predicted octanol–water partition coefficient (Wildman–Crippen LogP) is 5.14. The number of aliphatic hydroxyl groups excluding tert-OH is 3. The number of rotatable bonds is 22. The lowest BCUT2D eigenvalue weighted by molar-refractivity contribution is -0.149. The maximum Gasteiger partial charge on any atom is 0.305 e. The molecule has 174 valence electrons. The molecular formula is C24H48O5. The predicted molar refractivity (Wildman–Crippen MR) is 119 cm³/mol. The van der Waals surface area contributed by atoms with Crippen molar-refractivity contribution in [3.8, 4) is 0 Å². The van der Waals surface area contributed by atoms with Gasteiger partial charge in [-0.1, -0.05) is 96.8 Å². The fourth-order valence-electron chi connectivity index (χ4n) is 3.32. The summed E-state index contributed by atoms with van der Waals surface area (Å²) in [5, 5.41) is 27.1. The van der Waals surface area contributed by atoms with Gasteiger partial charge in [0.25, 0.3) is 0 Å². The van der Waals surface area contributed by atoms with Crippen LogP contribution < -0.4 is 0 Å². The lowest BCUT2D eigenvalue weighted by Crippen LogP contribution is -2.32. The monoisotopic (exact) mass is 416 g/mol. The Bertz CT molecular complexity index is 355. The van der Waals surface area contributed by atoms with E-state index in [-0.39, 0.29) is 25.8 Å². The van der Waals surface area contributed by atoms with Crippen LogP contribution in [0.3, 0.4) is 0 Å². The summed E-state index contributed by atoms with van der Waals surface area (Å²) in [6.45, 7) is 1.73. The first-order valence-corrected chi connectivity index (χ1v) is 12.1. The summed E-state index contributed by atoms with van der Waals surface area (Å²) in [7, 11) is 0. The second-order valence-electron chi connectivity index (χ2n) is 8.92. The average Bonchev–Trinajstić information content (AvgIpc) is 2.74. The van der Waals surface area contributed by atoms with Crippen molar-refractivity contribution in [2.45, 2.75) is 116 Å². The molecule has 0 saturated carbocycles. The molecule has 3 N–H and O–H groups in total. The van der Waals surface area contributed by atoms with E-state index in [1.807, 2.05) is 0 Å². The van der Waals surface area contributed by atoms with Crippen LogP contribution in [0.25, 0.3) is 0 Å². The molecule has 0 unspecified atom stereocenters. The number of carbonyl (C=O) groups is 1. The largest absolute Gasteiger partial charge is 0.465 e. The van der Waals surface area contributed by atoms with Crippen molar-refractivity contribution in [2.24, 2.45) is 5.41 Å². The normalized spacial score (nSPS) is 11.7. The molecule has 0 fully saturated rings. The number of aliphatic hydroxyl groups is 3. The number of carbonyl (C=O) groups excluding carboxylic acids is 1. The maximum absolute atomic E-state index is 11.7. The zero-order valence-corrected chi connectivity index (χ0v) is 19.0. The van der Waals surface area contributed by atoms with Gasteiger partial charge in [0.2, 0.25) is 0 Å². The molecule has 0 heterocycles. The van der Waals surface area contributed by atoms with Gasteiger partial charge in [0, 0.05) is 18.4 Å². The zero-order valence-electron chi connectivity index (χ0n) is 19.0. The minimum atomic E-state index is -0.740. The lowest BCUT2D eigenvalue weighted by Gasteiger charge is -2.23. The van der Waals surface area contributed by atoms with Crippen molar-refractivity contribution in [2.75, 3.05) is 26.4 Å². The molecule has 0 aliphatic heterocycles. The topological polar surface area (TPSA) is 87.0 Å². The summed E-state index contributed by atoms with van der Waals surface area (Å²) in [6, 6.07) is 0. The van der Waals surface area contributed by atoms with E-state index in [1.54, 1.807) is 6.92 Å². The molecule has 0 bridgehead atoms. The molecule has 5 nitrogen and oxygen atoms in total. The summed E-state index contributed by atoms with van der Waals surface area (Å²) in [5.41, 5.74) is -0.740. The molecule has 0 saturated heterocycles. The Hall–Kier alpha value is -0.650. The van der Waals surface area contributed by atoms with Gasteiger partial charge in [0.05, 0.1) is 13.2 Å². The molecular weight excluding hydrogens is 368 g/mol. The smallest absolute Gasteiger partial charge is 0.305 e. The fraction of sp³-hybridized carbons (Fsp3) is 0.958. The van der Waals surface area contributed by atoms with Crippen LogP contribution in [0.2, 0.25) is 0 Å². The maximum atomic E-state index is 11.7. The van der Waals surface area contributed by atoms with Crippen molar-refractivity contribution in [3.05, 3.63) is 0 Å². The summed E-state index contributed by atoms with van der Waals surface area (Å²) < 4.78 is 5.15. The molecule has 0 spiro atoms. The van der Waals surface area contributed by atoms with Gasteiger partial charge in [-0.25, -0.2) is 0 Å². The third kappa shape index (κ3) is 19.1. The first-order valence-electron chi connectivity index (χ1n) is 12.1. The second-order valence-corrected chi connectivity index (χ2v) is 8.92. The van der Waals surface area contributed by atoms with Gasteiger partial charge >= 0.3 is 5.97 Å². The molecule has 29 heavy (non-hydrogen) atoms. The lowest BCUT2D eigenvalue weighted by atomic mass is 9.94. The third-order valence-electron chi connectivity index (χ3n) is 5.63. The van der Waals surface area contributed by atoms with Gasteiger partial charge < -0.3 is 20.1 Å². The average molecular weight is 417 g/mol. The van der Waals surface area contributed by atoms with E-state index < -0.39 is 5.41 Å². The summed E-state index contributed by atoms with van der Waals surface area (Å²) in [6.07, 6.45) is 20.3. The number of hydrogen-bond donors (Lipinski definition) is 3. The first-order chi connectivity index (χ1) is 14.1. The van der Waals surface area contributed by atoms with Gasteiger partial charge in [-0.15, -0.1) is 0 Å². The highest BCUT2D eigenvalue weighted by atomic mass is 16.5. The Labute approximate surface area is 179 Å². The molecule has 0 aromatic carbocycles. The minimum Gasteiger partial charge on any atom is -0.465 e. The molecule has 5 heteroatoms. The van der Waals surface area contributed by atoms with Crippen LogP contribution in [0.5, 0.6) is 0 Å². The van der Waals surface area contributed by atoms with Crippen molar-refractivity contribution < 1.29 is 24.9 Å². The van der Waals surface area contributed by atoms with E-state index >= 15 is 0 Å². The van der Waals surface area contributed by atoms with Gasteiger partial charge in [0.1, 0.15) is 6.61 Å². The van der Waals surface area contributed by atoms with Gasteiger partial charge in [-0.05, 0) is 12.8 Å². The molecule has 0 rings (SSSR count). The van der Waals surface area contributed by atoms with E-state index in [4.69, 9.17) is 9.84 Å². The molecule has 0 radical (unpaired) electrons. The number of hydrogen-bond acceptors (Lipinski definition) is 5. The van der Waals surface area contributed by atoms with Crippen molar-refractivity contribution in [1.82, 2.24) is 0 Å². The Morgan fingerprint density at radius 2 is 0.966 bits per heavy atom. The molecule has 0 amide bonds. The van der Waals surface area contributed by atoms with Crippen LogP contribution in [0.1, 0.15) is 116 Å². The van der Waals surface area contributed by atoms with Crippen LogP contribution in [0.4, 0.5) is 0 Å². The molecule has 0 aliphatic carbocycles. The molecule has 0 aromatic heterocycles. The van der Waals surface area contributed by atoms with Crippen LogP contribution in [-0.4, -0.2) is 47.7 Å². The Kier molecular flexibility index (Phi) is 20.2. The highest BCUT2D eigenvalue weighted by molar-refractivity contribution is 5.69. The molecule has 0 aromatic rings. The Morgan fingerprint density at radius 3 is 1.31 bits per heavy atom. The van der Waals surface area contributed by atoms with E-state index in [1.165, 1.54) is 83.5 Å². The van der Waals surface area contributed by atoms with E-state index in [0.717, 1.165) is 19.3 Å². The summed E-state index contributed by atoms with van der Waals surface area (Å²) >= 11 is 0. The highest BCUT2D eigenvalue weighted by Gasteiger charge is 2.24. The van der Waals surface area contributed by atoms with Crippen molar-refractivity contribution >= 4 is 5.97 Å². The van der Waals surface area contributed by atoms with Gasteiger partial charge in [-0.2, -0.15) is 0 Å². The zero-order chi connectivity index (χ0) is 21.6. The van der Waals surface area contributed by atoms with E-state index in [9.17, 15) is 15.0 Å². The third-order valence-corrected chi connectivity index (χ3v) is 5.63. The van der Waals surface area contributed by atoms with Gasteiger partial charge in [0.15, 0.2) is 0 Å². The Balaban J connectivity index is 3.25. The SMILES string of the molecule is CC(CO)(CO)COC(=O)CCCCCCCCCCCCCCCCCCO. The van der Waals surface area contributed by atoms with Crippen LogP contribution in [-0.2, 0) is 9.53 Å². The minimum absolute atomic E-state index is 0.0729. The molecule has 0 aliphatic rings. The quantitative estimate of drug-likeness (QED) is 0.168. The number of unbranched alkanes of at least 4 members (excludes halogenated alkanes) is 15.